The summed E-state index contributed by atoms with van der Waals surface area (Å²) >= 11 is 8.64. The highest BCUT2D eigenvalue weighted by molar-refractivity contribution is 8.47. The summed E-state index contributed by atoms with van der Waals surface area (Å²) in [6, 6.07) is 25.3. The van der Waals surface area contributed by atoms with Gasteiger partial charge in [0.25, 0.3) is 0 Å². The SMILES string of the molecule is CCCCOC(=O)C(CCc1ccc(C(=O)Oc2ccc3ccc4c(c3c2)N=CC2(O4)N(C)c3ccccc3C2(C)C)cc1)SC(=S)SCCCC. The Morgan fingerprint density at radius 2 is 1.73 bits per heavy atom. The van der Waals surface area contributed by atoms with E-state index in [1.165, 1.54) is 17.3 Å². The first-order valence-electron chi connectivity index (χ1n) is 18.0. The third-order valence-electron chi connectivity index (χ3n) is 9.95. The van der Waals surface area contributed by atoms with Crippen molar-refractivity contribution in [2.45, 2.75) is 82.6 Å². The Hall–Kier alpha value is -3.86. The molecular formula is C42H46N2O5S3. The van der Waals surface area contributed by atoms with Crippen LogP contribution in [0.1, 0.15) is 81.3 Å². The van der Waals surface area contributed by atoms with Crippen LogP contribution in [0.2, 0.25) is 0 Å². The maximum absolute atomic E-state index is 13.3. The molecule has 7 nitrogen and oxygen atoms in total. The second-order valence-electron chi connectivity index (χ2n) is 13.8. The van der Waals surface area contributed by atoms with Gasteiger partial charge in [-0.15, -0.1) is 11.8 Å². The number of hydrogen-bond acceptors (Lipinski definition) is 10. The number of aryl methyl sites for hydroxylation is 1. The molecule has 0 N–H and O–H groups in total. The zero-order valence-corrected chi connectivity index (χ0v) is 32.9. The van der Waals surface area contributed by atoms with Crippen LogP contribution in [0, 0.1) is 0 Å². The van der Waals surface area contributed by atoms with Crippen molar-refractivity contribution in [3.63, 3.8) is 0 Å². The number of thioether (sulfide) groups is 2. The van der Waals surface area contributed by atoms with Crippen LogP contribution in [-0.2, 0) is 21.4 Å². The van der Waals surface area contributed by atoms with Gasteiger partial charge in [-0.2, -0.15) is 0 Å². The van der Waals surface area contributed by atoms with E-state index in [0.717, 1.165) is 57.0 Å². The van der Waals surface area contributed by atoms with Crippen molar-refractivity contribution < 1.29 is 23.8 Å². The molecular weight excluding hydrogens is 709 g/mol. The second kappa shape index (κ2) is 16.4. The minimum absolute atomic E-state index is 0.217. The number of likely N-dealkylation sites (N-methyl/N-ethyl adjacent to an activating group) is 1. The number of aliphatic imine (C=N–C) groups is 1. The predicted molar refractivity (Wildman–Crippen MR) is 220 cm³/mol. The molecule has 4 aromatic rings. The fourth-order valence-electron chi connectivity index (χ4n) is 6.77. The van der Waals surface area contributed by atoms with Crippen LogP contribution in [0.3, 0.4) is 0 Å². The summed E-state index contributed by atoms with van der Waals surface area (Å²) in [7, 11) is 2.04. The molecule has 2 aliphatic heterocycles. The Bertz CT molecular complexity index is 1980. The van der Waals surface area contributed by atoms with Crippen LogP contribution in [0.25, 0.3) is 10.8 Å². The summed E-state index contributed by atoms with van der Waals surface area (Å²) in [6.07, 6.45) is 7.14. The van der Waals surface area contributed by atoms with Crippen molar-refractivity contribution in [3.8, 4) is 11.5 Å². The molecule has 0 aliphatic carbocycles. The molecule has 0 radical (unpaired) electrons. The monoisotopic (exact) mass is 754 g/mol. The average molecular weight is 755 g/mol. The molecule has 0 saturated heterocycles. The van der Waals surface area contributed by atoms with Gasteiger partial charge in [0.2, 0.25) is 5.72 Å². The number of nitrogens with zero attached hydrogens (tertiary/aromatic N) is 2. The van der Waals surface area contributed by atoms with Gasteiger partial charge < -0.3 is 19.1 Å². The van der Waals surface area contributed by atoms with Crippen LogP contribution in [-0.4, -0.2) is 52.1 Å². The Balaban J connectivity index is 1.12. The fourth-order valence-corrected chi connectivity index (χ4v) is 9.48. The van der Waals surface area contributed by atoms with Crippen molar-refractivity contribution in [2.75, 3.05) is 24.3 Å². The molecule has 2 unspecified atom stereocenters. The molecule has 52 heavy (non-hydrogen) atoms. The number of para-hydroxylation sites is 1. The number of carbonyl (C=O) groups is 2. The van der Waals surface area contributed by atoms with Crippen molar-refractivity contribution in [1.82, 2.24) is 0 Å². The van der Waals surface area contributed by atoms with Crippen molar-refractivity contribution in [3.05, 3.63) is 95.6 Å². The Morgan fingerprint density at radius 1 is 0.981 bits per heavy atom. The normalized spacial score (nSPS) is 17.4. The van der Waals surface area contributed by atoms with E-state index in [0.29, 0.717) is 42.2 Å². The Labute approximate surface area is 320 Å². The van der Waals surface area contributed by atoms with E-state index in [4.69, 9.17) is 31.4 Å². The first-order valence-corrected chi connectivity index (χ1v) is 20.3. The number of rotatable bonds is 13. The second-order valence-corrected chi connectivity index (χ2v) is 17.3. The third kappa shape index (κ3) is 7.75. The van der Waals surface area contributed by atoms with Gasteiger partial charge >= 0.3 is 11.9 Å². The molecule has 0 bridgehead atoms. The summed E-state index contributed by atoms with van der Waals surface area (Å²) in [5, 5.41) is 1.43. The first kappa shape index (κ1) is 37.9. The van der Waals surface area contributed by atoms with Gasteiger partial charge in [0, 0.05) is 18.1 Å². The molecule has 0 saturated carbocycles. The number of ether oxygens (including phenoxy) is 3. The van der Waals surface area contributed by atoms with Crippen LogP contribution in [0.5, 0.6) is 11.5 Å². The lowest BCUT2D eigenvalue weighted by Gasteiger charge is -2.45. The number of fused-ring (bicyclic) bond motifs is 4. The lowest BCUT2D eigenvalue weighted by atomic mass is 9.77. The first-order chi connectivity index (χ1) is 25.1. The van der Waals surface area contributed by atoms with Gasteiger partial charge in [-0.1, -0.05) is 93.1 Å². The Morgan fingerprint density at radius 3 is 2.48 bits per heavy atom. The van der Waals surface area contributed by atoms with E-state index >= 15 is 0 Å². The minimum atomic E-state index is -0.786. The van der Waals surface area contributed by atoms with E-state index in [-0.39, 0.29) is 16.6 Å². The third-order valence-corrected chi connectivity index (χ3v) is 12.9. The number of thiocarbonyl (C=S) groups is 1. The number of unbranched alkanes of at least 4 members (excludes halogenated alkanes) is 2. The quantitative estimate of drug-likeness (QED) is 0.0574. The standard InChI is InChI=1S/C42H46N2O5S3/c1-6-8-24-47-39(46)36(52-40(50)51-25-9-7-2)23-16-28-14-17-30(18-15-28)38(45)48-31-21-19-29-20-22-35-37(32(29)26-31)43-27-42(49-35)41(3,4)33-12-10-11-13-34(33)44(42)5/h10-15,17-22,26-27,36H,6-9,16,23-25H2,1-5H3. The summed E-state index contributed by atoms with van der Waals surface area (Å²) in [5.41, 5.74) is 3.34. The van der Waals surface area contributed by atoms with E-state index in [1.54, 1.807) is 30.0 Å². The van der Waals surface area contributed by atoms with E-state index in [2.05, 4.69) is 50.8 Å². The number of carbonyl (C=O) groups excluding carboxylic acids is 2. The molecule has 2 aliphatic rings. The van der Waals surface area contributed by atoms with Gasteiger partial charge in [-0.05, 0) is 98.2 Å². The van der Waals surface area contributed by atoms with Crippen LogP contribution < -0.4 is 14.4 Å². The average Bonchev–Trinajstić information content (AvgIpc) is 3.31. The highest BCUT2D eigenvalue weighted by Gasteiger charge is 2.58. The van der Waals surface area contributed by atoms with Gasteiger partial charge in [0.15, 0.2) is 0 Å². The Kier molecular flexibility index (Phi) is 12.0. The summed E-state index contributed by atoms with van der Waals surface area (Å²) < 4.78 is 19.0. The summed E-state index contributed by atoms with van der Waals surface area (Å²) in [5.74, 6) is 1.38. The maximum Gasteiger partial charge on any atom is 0.343 e. The van der Waals surface area contributed by atoms with Crippen LogP contribution >= 0.6 is 35.7 Å². The number of benzene rings is 4. The molecule has 0 aromatic heterocycles. The van der Waals surface area contributed by atoms with Crippen LogP contribution in [0.4, 0.5) is 11.4 Å². The zero-order chi connectivity index (χ0) is 36.9. The molecule has 10 heteroatoms. The summed E-state index contributed by atoms with van der Waals surface area (Å²) in [4.78, 5) is 33.4. The van der Waals surface area contributed by atoms with E-state index in [9.17, 15) is 9.59 Å². The highest BCUT2D eigenvalue weighted by Crippen LogP contribution is 2.54. The predicted octanol–water partition coefficient (Wildman–Crippen LogP) is 10.5. The number of hydrogen-bond donors (Lipinski definition) is 0. The van der Waals surface area contributed by atoms with Gasteiger partial charge in [0.05, 0.1) is 23.8 Å². The van der Waals surface area contributed by atoms with E-state index in [1.807, 2.05) is 55.7 Å². The highest BCUT2D eigenvalue weighted by atomic mass is 32.2. The lowest BCUT2D eigenvalue weighted by Crippen LogP contribution is -2.61. The van der Waals surface area contributed by atoms with Gasteiger partial charge in [-0.25, -0.2) is 4.79 Å². The van der Waals surface area contributed by atoms with Crippen molar-refractivity contribution in [1.29, 1.82) is 0 Å². The summed E-state index contributed by atoms with van der Waals surface area (Å²) in [6.45, 7) is 9.01. The van der Waals surface area contributed by atoms with Crippen molar-refractivity contribution >= 4 is 79.6 Å². The molecule has 4 aromatic carbocycles. The minimum Gasteiger partial charge on any atom is -0.465 e. The lowest BCUT2D eigenvalue weighted by molar-refractivity contribution is -0.143. The van der Waals surface area contributed by atoms with Crippen molar-refractivity contribution in [2.24, 2.45) is 4.99 Å². The topological polar surface area (TPSA) is 77.4 Å². The largest absolute Gasteiger partial charge is 0.465 e. The number of esters is 2. The number of anilines is 1. The molecule has 2 heterocycles. The molecule has 1 spiro atoms. The maximum atomic E-state index is 13.3. The molecule has 272 valence electrons. The molecule has 0 fully saturated rings. The van der Waals surface area contributed by atoms with Gasteiger partial charge in [-0.3, -0.25) is 9.79 Å². The zero-order valence-electron chi connectivity index (χ0n) is 30.5. The fraction of sp³-hybridized carbons (Fsp3) is 0.381. The van der Waals surface area contributed by atoms with E-state index < -0.39 is 11.7 Å². The molecule has 2 atom stereocenters. The molecule has 6 rings (SSSR count). The van der Waals surface area contributed by atoms with Crippen LogP contribution in [0.15, 0.2) is 83.9 Å². The smallest absolute Gasteiger partial charge is 0.343 e. The van der Waals surface area contributed by atoms with Gasteiger partial charge in [0.1, 0.15) is 26.0 Å². The molecule has 0 amide bonds.